The third kappa shape index (κ3) is 4.83. The fourth-order valence-corrected chi connectivity index (χ4v) is 3.05. The van der Waals surface area contributed by atoms with Crippen LogP contribution in [0.3, 0.4) is 0 Å². The lowest BCUT2D eigenvalue weighted by atomic mass is 10.2. The van der Waals surface area contributed by atoms with Crippen molar-refractivity contribution in [2.45, 2.75) is 13.5 Å². The molecule has 0 unspecified atom stereocenters. The molecular formula is C16H19ClN7S+. The smallest absolute Gasteiger partial charge is 0.250 e. The summed E-state index contributed by atoms with van der Waals surface area (Å²) in [5, 5.41) is 8.84. The second-order valence-corrected chi connectivity index (χ2v) is 6.53. The Kier molecular flexibility index (Phi) is 5.72. The monoisotopic (exact) mass is 376 g/mol. The maximum Gasteiger partial charge on any atom is 0.250 e. The SMILES string of the molecule is CCN(CCn1cc[n+](C)c1)c1ccc(N=Nc2nc(Cl)ns2)cc1. The fourth-order valence-electron chi connectivity index (χ4n) is 2.41. The van der Waals surface area contributed by atoms with Crippen LogP contribution in [0.2, 0.25) is 5.28 Å². The molecule has 7 nitrogen and oxygen atoms in total. The molecule has 0 saturated heterocycles. The molecule has 0 aliphatic heterocycles. The number of imidazole rings is 1. The summed E-state index contributed by atoms with van der Waals surface area (Å²) in [7, 11) is 2.02. The van der Waals surface area contributed by atoms with Gasteiger partial charge in [-0.15, -0.1) is 10.2 Å². The number of benzene rings is 1. The van der Waals surface area contributed by atoms with E-state index in [-0.39, 0.29) is 5.28 Å². The van der Waals surface area contributed by atoms with Crippen LogP contribution in [0.15, 0.2) is 53.2 Å². The number of likely N-dealkylation sites (N-methyl/N-ethyl adjacent to an activating group) is 1. The van der Waals surface area contributed by atoms with Crippen LogP contribution < -0.4 is 9.47 Å². The Morgan fingerprint density at radius 1 is 1.28 bits per heavy atom. The van der Waals surface area contributed by atoms with Crippen molar-refractivity contribution in [3.63, 3.8) is 0 Å². The van der Waals surface area contributed by atoms with Crippen molar-refractivity contribution in [2.24, 2.45) is 17.3 Å². The van der Waals surface area contributed by atoms with Crippen molar-refractivity contribution in [3.05, 3.63) is 48.3 Å². The second kappa shape index (κ2) is 8.17. The Labute approximate surface area is 155 Å². The first kappa shape index (κ1) is 17.5. The molecule has 0 saturated carbocycles. The maximum absolute atomic E-state index is 5.67. The molecule has 0 aliphatic carbocycles. The first-order valence-corrected chi connectivity index (χ1v) is 9.06. The Balaban J connectivity index is 1.62. The van der Waals surface area contributed by atoms with Gasteiger partial charge in [-0.05, 0) is 42.8 Å². The zero-order chi connectivity index (χ0) is 17.6. The molecule has 0 bridgehead atoms. The third-order valence-corrected chi connectivity index (χ3v) is 4.56. The van der Waals surface area contributed by atoms with Gasteiger partial charge < -0.3 is 4.90 Å². The van der Waals surface area contributed by atoms with Crippen LogP contribution in [0.1, 0.15) is 6.92 Å². The van der Waals surface area contributed by atoms with E-state index in [1.807, 2.05) is 29.9 Å². The van der Waals surface area contributed by atoms with Gasteiger partial charge in [0.15, 0.2) is 0 Å². The Bertz CT molecular complexity index is 840. The number of hydrogen-bond acceptors (Lipinski definition) is 6. The predicted octanol–water partition coefficient (Wildman–Crippen LogP) is 3.76. The third-order valence-electron chi connectivity index (χ3n) is 3.69. The lowest BCUT2D eigenvalue weighted by molar-refractivity contribution is -0.671. The molecule has 0 fully saturated rings. The molecule has 3 rings (SSSR count). The second-order valence-electron chi connectivity index (χ2n) is 5.46. The summed E-state index contributed by atoms with van der Waals surface area (Å²) >= 11 is 6.79. The van der Waals surface area contributed by atoms with Gasteiger partial charge in [0.05, 0.1) is 19.3 Å². The summed E-state index contributed by atoms with van der Waals surface area (Å²) < 4.78 is 8.08. The summed E-state index contributed by atoms with van der Waals surface area (Å²) in [4.78, 5) is 6.26. The molecule has 2 aromatic heterocycles. The van der Waals surface area contributed by atoms with Gasteiger partial charge >= 0.3 is 0 Å². The standard InChI is InChI=1S/C16H19ClN7S/c1-3-24(11-10-23-9-8-22(2)12-23)14-6-4-13(5-7-14)19-20-16-18-15(17)21-25-16/h4-9,12H,3,10-11H2,1-2H3/q+1. The van der Waals surface area contributed by atoms with Crippen molar-refractivity contribution < 1.29 is 4.57 Å². The molecule has 25 heavy (non-hydrogen) atoms. The van der Waals surface area contributed by atoms with E-state index in [2.05, 4.69) is 60.6 Å². The van der Waals surface area contributed by atoms with Gasteiger partial charge in [0.2, 0.25) is 16.7 Å². The van der Waals surface area contributed by atoms with Crippen LogP contribution in [0.25, 0.3) is 0 Å². The number of halogens is 1. The first-order chi connectivity index (χ1) is 12.1. The maximum atomic E-state index is 5.67. The minimum Gasteiger partial charge on any atom is -0.368 e. The Hall–Kier alpha value is -2.32. The number of aryl methyl sites for hydroxylation is 1. The van der Waals surface area contributed by atoms with E-state index >= 15 is 0 Å². The highest BCUT2D eigenvalue weighted by Crippen LogP contribution is 2.23. The number of rotatable bonds is 7. The van der Waals surface area contributed by atoms with E-state index in [0.29, 0.717) is 5.13 Å². The normalized spacial score (nSPS) is 11.3. The first-order valence-electron chi connectivity index (χ1n) is 7.91. The molecule has 1 aromatic carbocycles. The molecule has 0 aliphatic rings. The average Bonchev–Trinajstić information content (AvgIpc) is 3.23. The molecule has 3 aromatic rings. The van der Waals surface area contributed by atoms with Gasteiger partial charge in [-0.25, -0.2) is 9.13 Å². The van der Waals surface area contributed by atoms with Crippen LogP contribution in [0.4, 0.5) is 16.5 Å². The summed E-state index contributed by atoms with van der Waals surface area (Å²) in [6.45, 7) is 4.98. The zero-order valence-electron chi connectivity index (χ0n) is 14.1. The van der Waals surface area contributed by atoms with Crippen LogP contribution >= 0.6 is 23.1 Å². The Morgan fingerprint density at radius 3 is 2.68 bits per heavy atom. The van der Waals surface area contributed by atoms with Crippen molar-refractivity contribution in [1.82, 2.24) is 13.9 Å². The lowest BCUT2D eigenvalue weighted by Gasteiger charge is -2.22. The van der Waals surface area contributed by atoms with Gasteiger partial charge in [0, 0.05) is 23.8 Å². The van der Waals surface area contributed by atoms with Crippen molar-refractivity contribution in [1.29, 1.82) is 0 Å². The fraction of sp³-hybridized carbons (Fsp3) is 0.312. The molecule has 130 valence electrons. The molecule has 0 N–H and O–H groups in total. The van der Waals surface area contributed by atoms with E-state index in [9.17, 15) is 0 Å². The predicted molar refractivity (Wildman–Crippen MR) is 99.0 cm³/mol. The Morgan fingerprint density at radius 2 is 2.08 bits per heavy atom. The minimum absolute atomic E-state index is 0.198. The summed E-state index contributed by atoms with van der Waals surface area (Å²) in [5.74, 6) is 0. The van der Waals surface area contributed by atoms with E-state index in [1.54, 1.807) is 0 Å². The van der Waals surface area contributed by atoms with E-state index < -0.39 is 0 Å². The quantitative estimate of drug-likeness (QED) is 0.466. The molecule has 9 heteroatoms. The molecule has 0 amide bonds. The largest absolute Gasteiger partial charge is 0.368 e. The van der Waals surface area contributed by atoms with Gasteiger partial charge in [-0.2, -0.15) is 9.36 Å². The van der Waals surface area contributed by atoms with Crippen molar-refractivity contribution in [3.8, 4) is 0 Å². The van der Waals surface area contributed by atoms with Crippen molar-refractivity contribution >= 4 is 39.6 Å². The number of azo groups is 1. The van der Waals surface area contributed by atoms with Crippen molar-refractivity contribution in [2.75, 3.05) is 18.0 Å². The minimum atomic E-state index is 0.198. The van der Waals surface area contributed by atoms with Crippen LogP contribution in [-0.4, -0.2) is 27.0 Å². The van der Waals surface area contributed by atoms with E-state index in [0.717, 1.165) is 42.5 Å². The lowest BCUT2D eigenvalue weighted by Crippen LogP contribution is -2.28. The van der Waals surface area contributed by atoms with E-state index in [4.69, 9.17) is 11.6 Å². The van der Waals surface area contributed by atoms with Gasteiger partial charge in [0.25, 0.3) is 0 Å². The van der Waals surface area contributed by atoms with Gasteiger partial charge in [0.1, 0.15) is 18.9 Å². The number of anilines is 1. The highest BCUT2D eigenvalue weighted by molar-refractivity contribution is 7.09. The van der Waals surface area contributed by atoms with Gasteiger partial charge in [-0.3, -0.25) is 0 Å². The van der Waals surface area contributed by atoms with E-state index in [1.165, 1.54) is 0 Å². The number of nitrogens with zero attached hydrogens (tertiary/aromatic N) is 7. The highest BCUT2D eigenvalue weighted by Gasteiger charge is 2.07. The molecule has 0 spiro atoms. The topological polar surface area (TPSA) is 62.5 Å². The molecular weight excluding hydrogens is 358 g/mol. The van der Waals surface area contributed by atoms with Gasteiger partial charge in [-0.1, -0.05) is 0 Å². The van der Waals surface area contributed by atoms with Crippen LogP contribution in [-0.2, 0) is 13.6 Å². The summed E-state index contributed by atoms with van der Waals surface area (Å²) in [5.41, 5.74) is 1.93. The highest BCUT2D eigenvalue weighted by atomic mass is 35.5. The average molecular weight is 377 g/mol. The van der Waals surface area contributed by atoms with Crippen LogP contribution in [0.5, 0.6) is 0 Å². The van der Waals surface area contributed by atoms with Crippen LogP contribution in [0, 0.1) is 0 Å². The molecule has 0 atom stereocenters. The summed E-state index contributed by atoms with van der Waals surface area (Å²) in [6.07, 6.45) is 6.20. The number of hydrogen-bond donors (Lipinski definition) is 0. The zero-order valence-corrected chi connectivity index (χ0v) is 15.7. The molecule has 0 radical (unpaired) electrons. The summed E-state index contributed by atoms with van der Waals surface area (Å²) in [6, 6.07) is 8.00. The number of aromatic nitrogens is 4. The molecule has 2 heterocycles.